The second-order valence-electron chi connectivity index (χ2n) is 7.78. The highest BCUT2D eigenvalue weighted by Crippen LogP contribution is 2.32. The summed E-state index contributed by atoms with van der Waals surface area (Å²) in [4.78, 5) is 29.0. The molecule has 1 aliphatic carbocycles. The number of para-hydroxylation sites is 1. The number of morpholine rings is 1. The van der Waals surface area contributed by atoms with Gasteiger partial charge >= 0.3 is 0 Å². The normalized spacial score (nSPS) is 23.2. The van der Waals surface area contributed by atoms with Crippen LogP contribution in [0.25, 0.3) is 0 Å². The summed E-state index contributed by atoms with van der Waals surface area (Å²) in [5.74, 6) is 1.56. The Kier molecular flexibility index (Phi) is 5.62. The average Bonchev–Trinajstić information content (AvgIpc) is 3.58. The molecule has 1 unspecified atom stereocenters. The highest BCUT2D eigenvalue weighted by Gasteiger charge is 2.35. The first-order chi connectivity index (χ1) is 13.2. The fourth-order valence-corrected chi connectivity index (χ4v) is 3.90. The number of rotatable bonds is 5. The van der Waals surface area contributed by atoms with Crippen molar-refractivity contribution in [2.45, 2.75) is 25.7 Å². The van der Waals surface area contributed by atoms with E-state index in [0.29, 0.717) is 56.0 Å². The maximum Gasteiger partial charge on any atom is 0.257 e. The van der Waals surface area contributed by atoms with Crippen LogP contribution in [0.2, 0.25) is 0 Å². The number of ether oxygens (including phenoxy) is 2. The van der Waals surface area contributed by atoms with Gasteiger partial charge in [0.2, 0.25) is 5.91 Å². The Morgan fingerprint density at radius 2 is 1.81 bits per heavy atom. The van der Waals surface area contributed by atoms with Crippen LogP contribution in [-0.4, -0.2) is 67.6 Å². The molecular weight excluding hydrogens is 344 g/mol. The fourth-order valence-electron chi connectivity index (χ4n) is 3.90. The Balaban J connectivity index is 1.36. The van der Waals surface area contributed by atoms with Crippen LogP contribution in [0.3, 0.4) is 0 Å². The number of hydrogen-bond acceptors (Lipinski definition) is 4. The van der Waals surface area contributed by atoms with Gasteiger partial charge < -0.3 is 19.3 Å². The van der Waals surface area contributed by atoms with Crippen LogP contribution < -0.4 is 4.74 Å². The summed E-state index contributed by atoms with van der Waals surface area (Å²) in [7, 11) is 0. The van der Waals surface area contributed by atoms with Crippen LogP contribution in [0.1, 0.15) is 36.0 Å². The molecule has 146 valence electrons. The molecule has 2 heterocycles. The van der Waals surface area contributed by atoms with Gasteiger partial charge in [-0.3, -0.25) is 9.59 Å². The topological polar surface area (TPSA) is 59.1 Å². The first-order valence-corrected chi connectivity index (χ1v) is 10.1. The fraction of sp³-hybridized carbons (Fsp3) is 0.619. The van der Waals surface area contributed by atoms with Gasteiger partial charge in [0.25, 0.3) is 5.91 Å². The van der Waals surface area contributed by atoms with Crippen LogP contribution in [0.4, 0.5) is 0 Å². The van der Waals surface area contributed by atoms with Crippen LogP contribution >= 0.6 is 0 Å². The summed E-state index contributed by atoms with van der Waals surface area (Å²) in [6.07, 6.45) is 4.19. The number of hydrogen-bond donors (Lipinski definition) is 0. The largest absolute Gasteiger partial charge is 0.492 e. The van der Waals surface area contributed by atoms with Crippen molar-refractivity contribution in [3.8, 4) is 5.75 Å². The molecule has 2 aliphatic heterocycles. The van der Waals surface area contributed by atoms with E-state index in [4.69, 9.17) is 9.47 Å². The number of carbonyl (C=O) groups excluding carboxylic acids is 2. The molecule has 27 heavy (non-hydrogen) atoms. The quantitative estimate of drug-likeness (QED) is 0.795. The molecule has 6 heteroatoms. The van der Waals surface area contributed by atoms with Gasteiger partial charge in [-0.2, -0.15) is 0 Å². The van der Waals surface area contributed by atoms with Crippen molar-refractivity contribution in [1.29, 1.82) is 0 Å². The molecule has 1 atom stereocenters. The Morgan fingerprint density at radius 1 is 1.04 bits per heavy atom. The molecule has 4 rings (SSSR count). The highest BCUT2D eigenvalue weighted by molar-refractivity contribution is 5.97. The molecule has 0 radical (unpaired) electrons. The van der Waals surface area contributed by atoms with Crippen LogP contribution in [-0.2, 0) is 9.53 Å². The van der Waals surface area contributed by atoms with Crippen molar-refractivity contribution in [2.75, 3.05) is 46.0 Å². The molecule has 2 amide bonds. The van der Waals surface area contributed by atoms with E-state index in [9.17, 15) is 9.59 Å². The molecule has 2 saturated heterocycles. The number of likely N-dealkylation sites (tertiary alicyclic amines) is 1. The Labute approximate surface area is 160 Å². The molecule has 0 N–H and O–H groups in total. The van der Waals surface area contributed by atoms with Crippen LogP contribution in [0.5, 0.6) is 5.75 Å². The molecule has 0 aromatic heterocycles. The van der Waals surface area contributed by atoms with E-state index in [0.717, 1.165) is 38.8 Å². The molecule has 3 aliphatic rings. The predicted molar refractivity (Wildman–Crippen MR) is 101 cm³/mol. The van der Waals surface area contributed by atoms with E-state index in [2.05, 4.69) is 0 Å². The second kappa shape index (κ2) is 8.30. The van der Waals surface area contributed by atoms with Gasteiger partial charge in [0.05, 0.1) is 25.4 Å². The van der Waals surface area contributed by atoms with Crippen molar-refractivity contribution in [2.24, 2.45) is 11.8 Å². The van der Waals surface area contributed by atoms with Crippen LogP contribution in [0.15, 0.2) is 24.3 Å². The lowest BCUT2D eigenvalue weighted by Gasteiger charge is -2.33. The van der Waals surface area contributed by atoms with E-state index >= 15 is 0 Å². The lowest BCUT2D eigenvalue weighted by Crippen LogP contribution is -2.42. The molecule has 6 nitrogen and oxygen atoms in total. The predicted octanol–water partition coefficient (Wildman–Crippen LogP) is 2.19. The average molecular weight is 372 g/mol. The first-order valence-electron chi connectivity index (χ1n) is 10.1. The van der Waals surface area contributed by atoms with Gasteiger partial charge in [-0.05, 0) is 37.8 Å². The summed E-state index contributed by atoms with van der Waals surface area (Å²) in [5.41, 5.74) is 0.612. The van der Waals surface area contributed by atoms with Crippen molar-refractivity contribution in [3.05, 3.63) is 29.8 Å². The molecule has 0 spiro atoms. The molecule has 1 aromatic carbocycles. The Bertz CT molecular complexity index is 683. The third kappa shape index (κ3) is 4.43. The van der Waals surface area contributed by atoms with Crippen molar-refractivity contribution < 1.29 is 19.1 Å². The Hall–Kier alpha value is -2.08. The molecule has 3 fully saturated rings. The van der Waals surface area contributed by atoms with Crippen molar-refractivity contribution in [1.82, 2.24) is 9.80 Å². The minimum absolute atomic E-state index is 0.00285. The standard InChI is InChI=1S/C21H28N2O4/c24-20(17-7-8-17)23-9-3-4-16(14-23)15-27-19-6-2-1-5-18(19)21(25)22-10-12-26-13-11-22/h1-2,5-6,16-17H,3-4,7-15H2. The van der Waals surface area contributed by atoms with E-state index in [1.54, 1.807) is 0 Å². The monoisotopic (exact) mass is 372 g/mol. The summed E-state index contributed by atoms with van der Waals surface area (Å²) in [6.45, 7) is 4.60. The van der Waals surface area contributed by atoms with Gasteiger partial charge in [0, 0.05) is 38.0 Å². The third-order valence-corrected chi connectivity index (χ3v) is 5.65. The second-order valence-corrected chi connectivity index (χ2v) is 7.78. The van der Waals surface area contributed by atoms with Gasteiger partial charge in [-0.15, -0.1) is 0 Å². The minimum atomic E-state index is 0.00285. The number of piperidine rings is 1. The highest BCUT2D eigenvalue weighted by atomic mass is 16.5. The molecule has 1 saturated carbocycles. The minimum Gasteiger partial charge on any atom is -0.492 e. The summed E-state index contributed by atoms with van der Waals surface area (Å²) < 4.78 is 11.4. The van der Waals surface area contributed by atoms with Gasteiger partial charge in [0.15, 0.2) is 0 Å². The van der Waals surface area contributed by atoms with E-state index in [1.165, 1.54) is 0 Å². The zero-order valence-corrected chi connectivity index (χ0v) is 15.8. The Morgan fingerprint density at radius 3 is 2.59 bits per heavy atom. The number of carbonyl (C=O) groups is 2. The van der Waals surface area contributed by atoms with E-state index < -0.39 is 0 Å². The first kappa shape index (κ1) is 18.3. The summed E-state index contributed by atoms with van der Waals surface area (Å²) in [6, 6.07) is 7.47. The number of nitrogens with zero attached hydrogens (tertiary/aromatic N) is 2. The van der Waals surface area contributed by atoms with Gasteiger partial charge in [-0.1, -0.05) is 12.1 Å². The smallest absolute Gasteiger partial charge is 0.257 e. The maximum absolute atomic E-state index is 12.8. The van der Waals surface area contributed by atoms with Crippen molar-refractivity contribution >= 4 is 11.8 Å². The third-order valence-electron chi connectivity index (χ3n) is 5.65. The SMILES string of the molecule is O=C(c1ccccc1OCC1CCCN(C(=O)C2CC2)C1)N1CCOCC1. The van der Waals surface area contributed by atoms with Crippen LogP contribution in [0, 0.1) is 11.8 Å². The van der Waals surface area contributed by atoms with Gasteiger partial charge in [0.1, 0.15) is 5.75 Å². The number of benzene rings is 1. The van der Waals surface area contributed by atoms with Crippen molar-refractivity contribution in [3.63, 3.8) is 0 Å². The number of amides is 2. The molecular formula is C21H28N2O4. The van der Waals surface area contributed by atoms with E-state index in [1.807, 2.05) is 34.1 Å². The maximum atomic E-state index is 12.8. The van der Waals surface area contributed by atoms with E-state index in [-0.39, 0.29) is 11.8 Å². The lowest BCUT2D eigenvalue weighted by molar-refractivity contribution is -0.134. The zero-order valence-electron chi connectivity index (χ0n) is 15.8. The zero-order chi connectivity index (χ0) is 18.6. The lowest BCUT2D eigenvalue weighted by atomic mass is 9.98. The summed E-state index contributed by atoms with van der Waals surface area (Å²) in [5, 5.41) is 0. The molecule has 0 bridgehead atoms. The molecule has 1 aromatic rings. The van der Waals surface area contributed by atoms with Gasteiger partial charge in [-0.25, -0.2) is 0 Å². The summed E-state index contributed by atoms with van der Waals surface area (Å²) >= 11 is 0.